The quantitative estimate of drug-likeness (QED) is 0.416. The highest BCUT2D eigenvalue weighted by atomic mass is 32.2. The number of hydrogen-bond acceptors (Lipinski definition) is 8. The maximum atomic E-state index is 13.2. The number of cyclic esters (lactones) is 1. The van der Waals surface area contributed by atoms with Crippen LogP contribution in [-0.2, 0) is 25.5 Å². The molecule has 1 saturated carbocycles. The maximum Gasteiger partial charge on any atom is 0.356 e. The molecule has 1 N–H and O–H groups in total. The van der Waals surface area contributed by atoms with Crippen LogP contribution in [0, 0.1) is 5.92 Å². The third kappa shape index (κ3) is 5.29. The minimum atomic E-state index is -1.00. The molecule has 2 heterocycles. The fourth-order valence-corrected chi connectivity index (χ4v) is 5.75. The number of aromatic nitrogens is 2. The van der Waals surface area contributed by atoms with Crippen LogP contribution in [0.2, 0.25) is 0 Å². The van der Waals surface area contributed by atoms with Gasteiger partial charge in [0.1, 0.15) is 17.0 Å². The zero-order valence-electron chi connectivity index (χ0n) is 19.5. The number of Topliss-reactive ketones (excluding diaryl/α,β-unsaturated/α-hetero) is 1. The van der Waals surface area contributed by atoms with Gasteiger partial charge in [-0.2, -0.15) is 0 Å². The number of nitrogens with zero attached hydrogens (tertiary/aromatic N) is 1. The van der Waals surface area contributed by atoms with Gasteiger partial charge in [0, 0.05) is 6.42 Å². The van der Waals surface area contributed by atoms with E-state index in [0.717, 1.165) is 48.8 Å². The van der Waals surface area contributed by atoms with Crippen molar-refractivity contribution in [3.05, 3.63) is 41.7 Å². The van der Waals surface area contributed by atoms with Gasteiger partial charge < -0.3 is 19.2 Å². The number of rotatable bonds is 9. The molecule has 2 fully saturated rings. The van der Waals surface area contributed by atoms with Crippen LogP contribution >= 0.6 is 11.8 Å². The molecule has 8 nitrogen and oxygen atoms in total. The number of benzene rings is 1. The van der Waals surface area contributed by atoms with Gasteiger partial charge in [-0.3, -0.25) is 9.59 Å². The van der Waals surface area contributed by atoms with Gasteiger partial charge in [-0.05, 0) is 56.2 Å². The topological polar surface area (TPSA) is 108 Å². The monoisotopic (exact) mass is 486 g/mol. The Bertz CT molecular complexity index is 1010. The Morgan fingerprint density at radius 3 is 2.62 bits per heavy atom. The Morgan fingerprint density at radius 2 is 1.97 bits per heavy atom. The minimum Gasteiger partial charge on any atom is -0.497 e. The summed E-state index contributed by atoms with van der Waals surface area (Å²) < 4.78 is 16.3. The fraction of sp³-hybridized carbons (Fsp3) is 0.520. The molecule has 2 aliphatic rings. The molecule has 0 bridgehead atoms. The molecule has 1 aliphatic carbocycles. The molecule has 2 unspecified atom stereocenters. The molecule has 2 atom stereocenters. The second kappa shape index (κ2) is 10.6. The number of methoxy groups -OCH3 is 1. The number of H-pyrrole nitrogens is 1. The second-order valence-electron chi connectivity index (χ2n) is 8.78. The number of ketones is 1. The molecule has 1 aromatic heterocycles. The summed E-state index contributed by atoms with van der Waals surface area (Å²) in [6.07, 6.45) is 6.94. The zero-order valence-corrected chi connectivity index (χ0v) is 20.3. The molecule has 2 aromatic rings. The van der Waals surface area contributed by atoms with E-state index in [4.69, 9.17) is 14.2 Å². The number of thioether (sulfide) groups is 1. The highest BCUT2D eigenvalue weighted by Gasteiger charge is 2.52. The summed E-state index contributed by atoms with van der Waals surface area (Å²) >= 11 is 0.986. The second-order valence-corrected chi connectivity index (χ2v) is 9.87. The molecule has 9 heteroatoms. The van der Waals surface area contributed by atoms with Gasteiger partial charge in [-0.1, -0.05) is 36.7 Å². The average Bonchev–Trinajstić information content (AvgIpc) is 3.54. The summed E-state index contributed by atoms with van der Waals surface area (Å²) in [5, 5.41) is -0.693. The van der Waals surface area contributed by atoms with Crippen molar-refractivity contribution in [2.75, 3.05) is 13.7 Å². The van der Waals surface area contributed by atoms with Gasteiger partial charge in [0.2, 0.25) is 0 Å². The smallest absolute Gasteiger partial charge is 0.356 e. The van der Waals surface area contributed by atoms with Gasteiger partial charge in [0.05, 0.1) is 19.9 Å². The van der Waals surface area contributed by atoms with E-state index in [2.05, 4.69) is 9.97 Å². The Balaban J connectivity index is 1.47. The van der Waals surface area contributed by atoms with Crippen LogP contribution in [0.5, 0.6) is 5.75 Å². The first-order valence-corrected chi connectivity index (χ1v) is 12.6. The van der Waals surface area contributed by atoms with E-state index in [9.17, 15) is 14.4 Å². The van der Waals surface area contributed by atoms with E-state index in [1.165, 1.54) is 6.20 Å². The number of hydrogen-bond donors (Lipinski definition) is 1. The largest absolute Gasteiger partial charge is 0.497 e. The number of carbonyl (C=O) groups is 3. The maximum absolute atomic E-state index is 13.2. The predicted molar refractivity (Wildman–Crippen MR) is 126 cm³/mol. The molecular formula is C25H30N2O6S. The van der Waals surface area contributed by atoms with Crippen LogP contribution < -0.4 is 4.74 Å². The third-order valence-electron chi connectivity index (χ3n) is 6.66. The summed E-state index contributed by atoms with van der Waals surface area (Å²) in [4.78, 5) is 45.2. The van der Waals surface area contributed by atoms with Crippen molar-refractivity contribution >= 4 is 29.5 Å². The molecule has 1 saturated heterocycles. The van der Waals surface area contributed by atoms with Gasteiger partial charge in [-0.15, -0.1) is 0 Å². The molecule has 1 aliphatic heterocycles. The molecular weight excluding hydrogens is 456 g/mol. The van der Waals surface area contributed by atoms with Crippen molar-refractivity contribution in [1.82, 2.24) is 9.97 Å². The third-order valence-corrected chi connectivity index (χ3v) is 7.78. The summed E-state index contributed by atoms with van der Waals surface area (Å²) in [6.45, 7) is 1.96. The van der Waals surface area contributed by atoms with Crippen molar-refractivity contribution in [3.8, 4) is 5.75 Å². The van der Waals surface area contributed by atoms with E-state index >= 15 is 0 Å². The van der Waals surface area contributed by atoms with Crippen LogP contribution in [0.15, 0.2) is 35.6 Å². The number of aryl methyl sites for hydroxylation is 1. The lowest BCUT2D eigenvalue weighted by atomic mass is 9.76. The van der Waals surface area contributed by atoms with Crippen LogP contribution in [0.4, 0.5) is 0 Å². The first kappa shape index (κ1) is 24.3. The number of imidazole rings is 1. The Morgan fingerprint density at radius 1 is 1.24 bits per heavy atom. The zero-order chi connectivity index (χ0) is 24.1. The Kier molecular flexibility index (Phi) is 7.60. The minimum absolute atomic E-state index is 0.156. The number of aromatic amines is 1. The van der Waals surface area contributed by atoms with E-state index < -0.39 is 22.8 Å². The summed E-state index contributed by atoms with van der Waals surface area (Å²) in [5.74, 6) is -0.242. The van der Waals surface area contributed by atoms with Crippen molar-refractivity contribution < 1.29 is 28.6 Å². The summed E-state index contributed by atoms with van der Waals surface area (Å²) in [7, 11) is 1.63. The molecule has 0 radical (unpaired) electrons. The Hall–Kier alpha value is -2.81. The highest BCUT2D eigenvalue weighted by molar-refractivity contribution is 8.01. The lowest BCUT2D eigenvalue weighted by molar-refractivity contribution is -0.177. The molecule has 4 rings (SSSR count). The Labute approximate surface area is 203 Å². The normalized spacial score (nSPS) is 23.1. The number of nitrogens with one attached hydrogen (secondary N) is 1. The lowest BCUT2D eigenvalue weighted by Gasteiger charge is -2.42. The van der Waals surface area contributed by atoms with E-state index in [1.54, 1.807) is 14.0 Å². The van der Waals surface area contributed by atoms with Crippen LogP contribution in [0.3, 0.4) is 0 Å². The predicted octanol–water partition coefficient (Wildman–Crippen LogP) is 4.13. The molecule has 0 spiro atoms. The molecule has 1 aromatic carbocycles. The van der Waals surface area contributed by atoms with Crippen molar-refractivity contribution in [2.45, 2.75) is 67.9 Å². The first-order chi connectivity index (χ1) is 16.4. The van der Waals surface area contributed by atoms with Gasteiger partial charge in [0.15, 0.2) is 16.2 Å². The molecule has 182 valence electrons. The number of carbonyl (C=O) groups excluding carboxylic acids is 3. The van der Waals surface area contributed by atoms with Crippen molar-refractivity contribution in [1.29, 1.82) is 0 Å². The van der Waals surface area contributed by atoms with Gasteiger partial charge in [0.25, 0.3) is 0 Å². The van der Waals surface area contributed by atoms with Gasteiger partial charge >= 0.3 is 11.9 Å². The average molecular weight is 487 g/mol. The standard InChI is InChI=1S/C25H30N2O6S/c1-3-32-22(29)19-15-26-24(27-19)34-21-20(28)14-25(33-23(21)30,17-6-4-5-7-17)13-12-16-8-10-18(31-2)11-9-16/h8-11,15,17,21H,3-7,12-14H2,1-2H3,(H,26,27). The molecule has 0 amide bonds. The van der Waals surface area contributed by atoms with E-state index in [1.807, 2.05) is 24.3 Å². The van der Waals surface area contributed by atoms with Crippen molar-refractivity contribution in [2.24, 2.45) is 5.92 Å². The van der Waals surface area contributed by atoms with Crippen LogP contribution in [0.1, 0.15) is 61.5 Å². The number of esters is 2. The molecule has 34 heavy (non-hydrogen) atoms. The summed E-state index contributed by atoms with van der Waals surface area (Å²) in [5.41, 5.74) is 0.516. The fourth-order valence-electron chi connectivity index (χ4n) is 4.88. The lowest BCUT2D eigenvalue weighted by Crippen LogP contribution is -2.53. The van der Waals surface area contributed by atoms with Gasteiger partial charge in [-0.25, -0.2) is 9.78 Å². The van der Waals surface area contributed by atoms with Crippen LogP contribution in [-0.4, -0.2) is 52.3 Å². The van der Waals surface area contributed by atoms with Crippen LogP contribution in [0.25, 0.3) is 0 Å². The highest BCUT2D eigenvalue weighted by Crippen LogP contribution is 2.45. The van der Waals surface area contributed by atoms with E-state index in [-0.39, 0.29) is 30.4 Å². The van der Waals surface area contributed by atoms with Crippen molar-refractivity contribution in [3.63, 3.8) is 0 Å². The SMILES string of the molecule is CCOC(=O)c1cnc(SC2C(=O)CC(CCc3ccc(OC)cc3)(C3CCCC3)OC2=O)[nH]1. The first-order valence-electron chi connectivity index (χ1n) is 11.7. The number of ether oxygens (including phenoxy) is 3. The summed E-state index contributed by atoms with van der Waals surface area (Å²) in [6, 6.07) is 7.83. The van der Waals surface area contributed by atoms with E-state index in [0.29, 0.717) is 18.0 Å².